The second kappa shape index (κ2) is 9.91. The van der Waals surface area contributed by atoms with Crippen LogP contribution in [-0.2, 0) is 19.1 Å². The summed E-state index contributed by atoms with van der Waals surface area (Å²) in [6.07, 6.45) is 1.78. The van der Waals surface area contributed by atoms with Crippen LogP contribution in [-0.4, -0.2) is 47.5 Å². The molecule has 1 atom stereocenters. The first-order valence-corrected chi connectivity index (χ1v) is 9.32. The molecule has 3 N–H and O–H groups in total. The van der Waals surface area contributed by atoms with E-state index in [0.29, 0.717) is 5.69 Å². The Labute approximate surface area is 159 Å². The highest BCUT2D eigenvalue weighted by Crippen LogP contribution is 2.18. The molecule has 1 aromatic carbocycles. The third-order valence-electron chi connectivity index (χ3n) is 3.44. The molecule has 27 heavy (non-hydrogen) atoms. The van der Waals surface area contributed by atoms with Gasteiger partial charge in [0.1, 0.15) is 11.1 Å². The average Bonchev–Trinajstić information content (AvgIpc) is 3.43. The molecule has 0 saturated heterocycles. The number of benzene rings is 1. The van der Waals surface area contributed by atoms with Gasteiger partial charge in [0.2, 0.25) is 5.91 Å². The lowest BCUT2D eigenvalue weighted by Gasteiger charge is -2.11. The highest BCUT2D eigenvalue weighted by Gasteiger charge is 2.24. The van der Waals surface area contributed by atoms with Crippen LogP contribution in [0.3, 0.4) is 0 Å². The predicted molar refractivity (Wildman–Crippen MR) is 97.6 cm³/mol. The van der Waals surface area contributed by atoms with Gasteiger partial charge < -0.3 is 15.4 Å². The van der Waals surface area contributed by atoms with E-state index in [0.717, 1.165) is 24.6 Å². The quantitative estimate of drug-likeness (QED) is 0.572. The zero-order valence-electron chi connectivity index (χ0n) is 14.6. The van der Waals surface area contributed by atoms with Gasteiger partial charge in [-0.15, -0.1) is 11.8 Å². The first-order valence-electron chi connectivity index (χ1n) is 8.27. The molecule has 10 heteroatoms. The Balaban J connectivity index is 1.62. The number of nitrogens with one attached hydrogen (secondary N) is 3. The van der Waals surface area contributed by atoms with Gasteiger partial charge in [0, 0.05) is 11.7 Å². The number of carbonyl (C=O) groups is 4. The Morgan fingerprint density at radius 1 is 1.19 bits per heavy atom. The van der Waals surface area contributed by atoms with Crippen LogP contribution < -0.4 is 16.0 Å². The number of esters is 1. The number of halogens is 1. The Morgan fingerprint density at radius 3 is 2.48 bits per heavy atom. The molecule has 4 amide bonds. The van der Waals surface area contributed by atoms with Gasteiger partial charge in [-0.2, -0.15) is 0 Å². The molecular formula is C17H20FN3O5S. The number of carbonyl (C=O) groups excluding carboxylic acids is 4. The molecule has 0 aromatic heterocycles. The van der Waals surface area contributed by atoms with Crippen molar-refractivity contribution in [2.24, 2.45) is 0 Å². The Bertz CT molecular complexity index is 709. The predicted octanol–water partition coefficient (Wildman–Crippen LogP) is 1.42. The van der Waals surface area contributed by atoms with Crippen LogP contribution in [0.15, 0.2) is 24.3 Å². The maximum atomic E-state index is 12.8. The van der Waals surface area contributed by atoms with Crippen LogP contribution in [0.4, 0.5) is 14.9 Å². The average molecular weight is 397 g/mol. The molecule has 0 radical (unpaired) electrons. The lowest BCUT2D eigenvalue weighted by molar-refractivity contribution is -0.147. The Kier molecular flexibility index (Phi) is 7.59. The van der Waals surface area contributed by atoms with Crippen LogP contribution >= 0.6 is 11.8 Å². The lowest BCUT2D eigenvalue weighted by Crippen LogP contribution is -2.42. The van der Waals surface area contributed by atoms with Crippen molar-refractivity contribution < 1.29 is 28.3 Å². The van der Waals surface area contributed by atoms with E-state index >= 15 is 0 Å². The van der Waals surface area contributed by atoms with Gasteiger partial charge in [-0.05, 0) is 44.0 Å². The second-order valence-corrected chi connectivity index (χ2v) is 7.24. The van der Waals surface area contributed by atoms with Crippen molar-refractivity contribution in [2.75, 3.05) is 17.7 Å². The maximum absolute atomic E-state index is 12.8. The zero-order chi connectivity index (χ0) is 19.8. The van der Waals surface area contributed by atoms with Crippen molar-refractivity contribution in [3.63, 3.8) is 0 Å². The third-order valence-corrected chi connectivity index (χ3v) is 4.56. The zero-order valence-corrected chi connectivity index (χ0v) is 15.4. The smallest absolute Gasteiger partial charge is 0.321 e. The molecule has 1 saturated carbocycles. The fourth-order valence-electron chi connectivity index (χ4n) is 1.86. The van der Waals surface area contributed by atoms with Gasteiger partial charge in [0.15, 0.2) is 6.61 Å². The van der Waals surface area contributed by atoms with Crippen LogP contribution in [0, 0.1) is 5.82 Å². The van der Waals surface area contributed by atoms with Crippen molar-refractivity contribution in [1.29, 1.82) is 0 Å². The second-order valence-electron chi connectivity index (χ2n) is 5.91. The normalized spacial score (nSPS) is 14.0. The summed E-state index contributed by atoms with van der Waals surface area (Å²) in [4.78, 5) is 46.6. The maximum Gasteiger partial charge on any atom is 0.321 e. The highest BCUT2D eigenvalue weighted by molar-refractivity contribution is 8.01. The number of ether oxygens (including phenoxy) is 1. The highest BCUT2D eigenvalue weighted by atomic mass is 32.2. The summed E-state index contributed by atoms with van der Waals surface area (Å²) >= 11 is 1.03. The number of rotatable bonds is 8. The first-order chi connectivity index (χ1) is 12.8. The number of hydrogen-bond acceptors (Lipinski definition) is 6. The van der Waals surface area contributed by atoms with Gasteiger partial charge >= 0.3 is 12.0 Å². The molecule has 0 spiro atoms. The summed E-state index contributed by atoms with van der Waals surface area (Å²) in [5.74, 6) is -2.20. The van der Waals surface area contributed by atoms with Crippen LogP contribution in [0.1, 0.15) is 19.8 Å². The summed E-state index contributed by atoms with van der Waals surface area (Å²) in [7, 11) is 0. The minimum absolute atomic E-state index is 0.0242. The molecule has 146 valence electrons. The standard InChI is InChI=1S/C17H20FN3O5S/c1-10(27-9-15(23)19-12-4-2-11(18)3-5-12)16(24)26-8-14(22)21-17(25)20-13-6-7-13/h2-5,10,13H,6-9H2,1H3,(H,19,23)(H2,20,21,22,25)/t10-/m1/s1. The molecule has 1 fully saturated rings. The first kappa shape index (κ1) is 20.7. The minimum atomic E-state index is -0.729. The fourth-order valence-corrected chi connectivity index (χ4v) is 2.54. The van der Waals surface area contributed by atoms with Crippen molar-refractivity contribution in [2.45, 2.75) is 31.1 Å². The van der Waals surface area contributed by atoms with Crippen LogP contribution in [0.25, 0.3) is 0 Å². The third kappa shape index (κ3) is 8.07. The van der Waals surface area contributed by atoms with E-state index in [4.69, 9.17) is 4.74 Å². The molecule has 0 aliphatic heterocycles. The Hall–Kier alpha value is -2.62. The largest absolute Gasteiger partial charge is 0.455 e. The minimum Gasteiger partial charge on any atom is -0.455 e. The van der Waals surface area contributed by atoms with Gasteiger partial charge in [0.05, 0.1) is 5.75 Å². The molecule has 1 aromatic rings. The molecular weight excluding hydrogens is 377 g/mol. The van der Waals surface area contributed by atoms with E-state index < -0.39 is 35.6 Å². The van der Waals surface area contributed by atoms with Crippen molar-refractivity contribution in [3.8, 4) is 0 Å². The van der Waals surface area contributed by atoms with Gasteiger partial charge in [-0.25, -0.2) is 9.18 Å². The molecule has 1 aliphatic rings. The van der Waals surface area contributed by atoms with Gasteiger partial charge in [-0.1, -0.05) is 0 Å². The molecule has 1 aliphatic carbocycles. The monoisotopic (exact) mass is 397 g/mol. The topological polar surface area (TPSA) is 114 Å². The van der Waals surface area contributed by atoms with Crippen molar-refractivity contribution >= 4 is 41.3 Å². The van der Waals surface area contributed by atoms with E-state index in [9.17, 15) is 23.6 Å². The van der Waals surface area contributed by atoms with Gasteiger partial charge in [-0.3, -0.25) is 19.7 Å². The van der Waals surface area contributed by atoms with E-state index in [-0.39, 0.29) is 17.7 Å². The molecule has 8 nitrogen and oxygen atoms in total. The number of amides is 4. The molecule has 0 unspecified atom stereocenters. The van der Waals surface area contributed by atoms with E-state index in [2.05, 4.69) is 16.0 Å². The van der Waals surface area contributed by atoms with Crippen LogP contribution in [0.2, 0.25) is 0 Å². The molecule has 2 rings (SSSR count). The summed E-state index contributed by atoms with van der Waals surface area (Å²) in [5, 5.41) is 6.52. The summed E-state index contributed by atoms with van der Waals surface area (Å²) < 4.78 is 17.6. The van der Waals surface area contributed by atoms with E-state index in [1.54, 1.807) is 0 Å². The number of urea groups is 1. The summed E-state index contributed by atoms with van der Waals surface area (Å²) in [5.41, 5.74) is 0.443. The fraction of sp³-hybridized carbons (Fsp3) is 0.412. The summed E-state index contributed by atoms with van der Waals surface area (Å²) in [6.45, 7) is 0.958. The number of anilines is 1. The van der Waals surface area contributed by atoms with Crippen molar-refractivity contribution in [3.05, 3.63) is 30.1 Å². The van der Waals surface area contributed by atoms with Gasteiger partial charge in [0.25, 0.3) is 5.91 Å². The van der Waals surface area contributed by atoms with E-state index in [1.165, 1.54) is 31.2 Å². The lowest BCUT2D eigenvalue weighted by atomic mass is 10.3. The summed E-state index contributed by atoms with van der Waals surface area (Å²) in [6, 6.07) is 4.79. The number of thioether (sulfide) groups is 1. The Morgan fingerprint density at radius 2 is 1.85 bits per heavy atom. The number of hydrogen-bond donors (Lipinski definition) is 3. The molecule has 0 heterocycles. The van der Waals surface area contributed by atoms with Crippen molar-refractivity contribution in [1.82, 2.24) is 10.6 Å². The molecule has 0 bridgehead atoms. The van der Waals surface area contributed by atoms with E-state index in [1.807, 2.05) is 0 Å². The SMILES string of the molecule is C[C@@H](SCC(=O)Nc1ccc(F)cc1)C(=O)OCC(=O)NC(=O)NC1CC1. The number of imide groups is 1. The van der Waals surface area contributed by atoms with Crippen LogP contribution in [0.5, 0.6) is 0 Å².